The van der Waals surface area contributed by atoms with Gasteiger partial charge in [0.15, 0.2) is 0 Å². The molecule has 2 aliphatic carbocycles. The summed E-state index contributed by atoms with van der Waals surface area (Å²) in [4.78, 5) is 14.9. The number of aliphatic hydroxyl groups excluding tert-OH is 1. The van der Waals surface area contributed by atoms with Crippen LogP contribution in [-0.4, -0.2) is 34.1 Å². The number of allylic oxidation sites excluding steroid dienone is 2. The second kappa shape index (κ2) is 3.83. The van der Waals surface area contributed by atoms with Crippen molar-refractivity contribution in [3.05, 3.63) is 12.2 Å². The van der Waals surface area contributed by atoms with Crippen LogP contribution in [0.25, 0.3) is 0 Å². The third-order valence-corrected chi connectivity index (χ3v) is 5.56. The van der Waals surface area contributed by atoms with E-state index in [1.807, 2.05) is 0 Å². The highest BCUT2D eigenvalue weighted by Gasteiger charge is 2.48. The molecular formula is C15H21NO2. The molecule has 3 fully saturated rings. The maximum Gasteiger partial charge on any atom is 0.226 e. The second-order valence-electron chi connectivity index (χ2n) is 6.64. The molecule has 1 saturated carbocycles. The van der Waals surface area contributed by atoms with Crippen molar-refractivity contribution >= 4 is 5.91 Å². The molecule has 3 heteroatoms. The number of carbonyl (C=O) groups excluding carboxylic acids is 1. The van der Waals surface area contributed by atoms with Gasteiger partial charge in [-0.25, -0.2) is 0 Å². The first-order valence-corrected chi connectivity index (χ1v) is 7.41. The molecule has 1 N–H and O–H groups in total. The summed E-state index contributed by atoms with van der Waals surface area (Å²) in [5.74, 6) is 1.82. The summed E-state index contributed by atoms with van der Waals surface area (Å²) in [5.41, 5.74) is 0. The minimum absolute atomic E-state index is 0.175. The number of hydrogen-bond donors (Lipinski definition) is 1. The van der Waals surface area contributed by atoms with E-state index >= 15 is 0 Å². The molecule has 0 aromatic carbocycles. The van der Waals surface area contributed by atoms with E-state index in [-0.39, 0.29) is 12.0 Å². The van der Waals surface area contributed by atoms with E-state index < -0.39 is 0 Å². The molecule has 2 saturated heterocycles. The largest absolute Gasteiger partial charge is 0.393 e. The highest BCUT2D eigenvalue weighted by Crippen LogP contribution is 2.46. The van der Waals surface area contributed by atoms with Crippen LogP contribution in [-0.2, 0) is 4.79 Å². The summed E-state index contributed by atoms with van der Waals surface area (Å²) in [6, 6.07) is 0.656. The lowest BCUT2D eigenvalue weighted by Crippen LogP contribution is -2.50. The molecule has 0 aromatic rings. The van der Waals surface area contributed by atoms with Crippen LogP contribution < -0.4 is 0 Å². The van der Waals surface area contributed by atoms with Crippen LogP contribution in [0.5, 0.6) is 0 Å². The van der Waals surface area contributed by atoms with Gasteiger partial charge in [0.25, 0.3) is 0 Å². The van der Waals surface area contributed by atoms with Gasteiger partial charge in [-0.1, -0.05) is 12.2 Å². The predicted octanol–water partition coefficient (Wildman–Crippen LogP) is 1.71. The van der Waals surface area contributed by atoms with Crippen molar-refractivity contribution in [3.8, 4) is 0 Å². The predicted molar refractivity (Wildman–Crippen MR) is 67.7 cm³/mol. The summed E-state index contributed by atoms with van der Waals surface area (Å²) >= 11 is 0. The highest BCUT2D eigenvalue weighted by atomic mass is 16.3. The quantitative estimate of drug-likeness (QED) is 0.717. The van der Waals surface area contributed by atoms with E-state index in [0.29, 0.717) is 29.8 Å². The van der Waals surface area contributed by atoms with Gasteiger partial charge in [-0.3, -0.25) is 4.79 Å². The normalized spacial score (nSPS) is 49.1. The molecule has 3 nitrogen and oxygen atoms in total. The van der Waals surface area contributed by atoms with Gasteiger partial charge < -0.3 is 10.0 Å². The Bertz CT molecular complexity index is 391. The van der Waals surface area contributed by atoms with E-state index in [2.05, 4.69) is 17.1 Å². The number of rotatable bonds is 1. The number of aliphatic hydroxyl groups is 1. The number of amides is 1. The van der Waals surface area contributed by atoms with E-state index in [1.54, 1.807) is 0 Å². The molecule has 18 heavy (non-hydrogen) atoms. The summed E-state index contributed by atoms with van der Waals surface area (Å²) in [6.07, 6.45) is 10.5. The molecule has 4 rings (SSSR count). The summed E-state index contributed by atoms with van der Waals surface area (Å²) in [5, 5.41) is 9.81. The Morgan fingerprint density at radius 1 is 1.06 bits per heavy atom. The van der Waals surface area contributed by atoms with Crippen LogP contribution in [0.15, 0.2) is 12.2 Å². The minimum atomic E-state index is -0.175. The molecule has 0 radical (unpaired) electrons. The van der Waals surface area contributed by atoms with Gasteiger partial charge in [0.2, 0.25) is 5.91 Å². The smallest absolute Gasteiger partial charge is 0.226 e. The molecule has 4 bridgehead atoms. The number of piperidine rings is 1. The molecule has 0 aromatic heterocycles. The minimum Gasteiger partial charge on any atom is -0.393 e. The van der Waals surface area contributed by atoms with Gasteiger partial charge in [0.1, 0.15) is 0 Å². The standard InChI is InChI=1S/C15H21NO2/c17-13-7-11-3-4-12(8-13)16(11)15(18)14-6-9-1-2-10(14)5-9/h1-2,9-14,17H,3-8H2. The van der Waals surface area contributed by atoms with E-state index in [1.165, 1.54) is 6.42 Å². The molecule has 2 heterocycles. The van der Waals surface area contributed by atoms with Crippen LogP contribution in [0.3, 0.4) is 0 Å². The van der Waals surface area contributed by atoms with Gasteiger partial charge in [-0.15, -0.1) is 0 Å². The number of nitrogens with zero attached hydrogens (tertiary/aromatic N) is 1. The Morgan fingerprint density at radius 3 is 2.33 bits per heavy atom. The fourth-order valence-corrected chi connectivity index (χ4v) is 4.76. The van der Waals surface area contributed by atoms with Crippen molar-refractivity contribution < 1.29 is 9.90 Å². The Kier molecular flexibility index (Phi) is 2.35. The van der Waals surface area contributed by atoms with Crippen LogP contribution in [0.1, 0.15) is 38.5 Å². The lowest BCUT2D eigenvalue weighted by molar-refractivity contribution is -0.142. The Labute approximate surface area is 108 Å². The monoisotopic (exact) mass is 247 g/mol. The lowest BCUT2D eigenvalue weighted by Gasteiger charge is -2.39. The third-order valence-electron chi connectivity index (χ3n) is 5.56. The van der Waals surface area contributed by atoms with Crippen LogP contribution >= 0.6 is 0 Å². The van der Waals surface area contributed by atoms with E-state index in [0.717, 1.165) is 32.1 Å². The number of fused-ring (bicyclic) bond motifs is 4. The highest BCUT2D eigenvalue weighted by molar-refractivity contribution is 5.81. The molecule has 0 spiro atoms. The zero-order valence-corrected chi connectivity index (χ0v) is 10.7. The number of hydrogen-bond acceptors (Lipinski definition) is 2. The van der Waals surface area contributed by atoms with Gasteiger partial charge in [0, 0.05) is 18.0 Å². The summed E-state index contributed by atoms with van der Waals surface area (Å²) < 4.78 is 0. The second-order valence-corrected chi connectivity index (χ2v) is 6.64. The van der Waals surface area contributed by atoms with Crippen molar-refractivity contribution in [1.29, 1.82) is 0 Å². The van der Waals surface area contributed by atoms with Gasteiger partial charge in [0.05, 0.1) is 6.10 Å². The molecule has 5 atom stereocenters. The Morgan fingerprint density at radius 2 is 1.78 bits per heavy atom. The summed E-state index contributed by atoms with van der Waals surface area (Å²) in [7, 11) is 0. The van der Waals surface area contributed by atoms with Gasteiger partial charge in [-0.2, -0.15) is 0 Å². The zero-order chi connectivity index (χ0) is 12.3. The van der Waals surface area contributed by atoms with Crippen molar-refractivity contribution in [1.82, 2.24) is 4.90 Å². The summed E-state index contributed by atoms with van der Waals surface area (Å²) in [6.45, 7) is 0. The Balaban J connectivity index is 1.54. The zero-order valence-electron chi connectivity index (χ0n) is 10.7. The van der Waals surface area contributed by atoms with Crippen LogP contribution in [0.4, 0.5) is 0 Å². The molecule has 2 aliphatic heterocycles. The molecule has 98 valence electrons. The number of carbonyl (C=O) groups is 1. The van der Waals surface area contributed by atoms with Gasteiger partial charge in [-0.05, 0) is 50.4 Å². The van der Waals surface area contributed by atoms with E-state index in [9.17, 15) is 9.90 Å². The van der Waals surface area contributed by atoms with Gasteiger partial charge >= 0.3 is 0 Å². The fraction of sp³-hybridized carbons (Fsp3) is 0.800. The lowest BCUT2D eigenvalue weighted by atomic mass is 9.90. The first kappa shape index (κ1) is 11.0. The topological polar surface area (TPSA) is 40.5 Å². The first-order valence-electron chi connectivity index (χ1n) is 7.41. The van der Waals surface area contributed by atoms with Crippen molar-refractivity contribution in [2.45, 2.75) is 56.7 Å². The maximum atomic E-state index is 12.8. The van der Waals surface area contributed by atoms with Crippen molar-refractivity contribution in [2.24, 2.45) is 17.8 Å². The average molecular weight is 247 g/mol. The fourth-order valence-electron chi connectivity index (χ4n) is 4.76. The van der Waals surface area contributed by atoms with Crippen molar-refractivity contribution in [3.63, 3.8) is 0 Å². The molecule has 5 unspecified atom stereocenters. The first-order chi connectivity index (χ1) is 8.72. The maximum absolute atomic E-state index is 12.8. The van der Waals surface area contributed by atoms with Crippen LogP contribution in [0, 0.1) is 17.8 Å². The third kappa shape index (κ3) is 1.49. The average Bonchev–Trinajstić information content (AvgIpc) is 3.02. The van der Waals surface area contributed by atoms with E-state index in [4.69, 9.17) is 0 Å². The molecule has 1 amide bonds. The molecule has 4 aliphatic rings. The molecular weight excluding hydrogens is 226 g/mol. The SMILES string of the molecule is O=C(C1CC2C=CC1C2)N1C2CCC1CC(O)C2. The van der Waals surface area contributed by atoms with Crippen LogP contribution in [0.2, 0.25) is 0 Å². The van der Waals surface area contributed by atoms with Crippen molar-refractivity contribution in [2.75, 3.05) is 0 Å². The Hall–Kier alpha value is -0.830.